The number of alkyl halides is 3. The third kappa shape index (κ3) is 3.42. The third-order valence-corrected chi connectivity index (χ3v) is 1.88. The van der Waals surface area contributed by atoms with Crippen LogP contribution in [0.1, 0.15) is 0 Å². The highest BCUT2D eigenvalue weighted by molar-refractivity contribution is 7.87. The van der Waals surface area contributed by atoms with Crippen LogP contribution in [0.4, 0.5) is 13.2 Å². The summed E-state index contributed by atoms with van der Waals surface area (Å²) in [6, 6.07) is 0. The van der Waals surface area contributed by atoms with Gasteiger partial charge in [-0.25, -0.2) is 0 Å². The zero-order valence-corrected chi connectivity index (χ0v) is 7.08. The summed E-state index contributed by atoms with van der Waals surface area (Å²) in [5.41, 5.74) is -4.53. The monoisotopic (exact) mass is 224 g/mol. The highest BCUT2D eigenvalue weighted by Gasteiger charge is 2.47. The van der Waals surface area contributed by atoms with Crippen LogP contribution < -0.4 is 0 Å². The van der Waals surface area contributed by atoms with Crippen molar-refractivity contribution in [3.63, 3.8) is 0 Å². The van der Waals surface area contributed by atoms with Crippen molar-refractivity contribution in [3.8, 4) is 0 Å². The van der Waals surface area contributed by atoms with Crippen molar-refractivity contribution in [2.24, 2.45) is 0 Å². The highest BCUT2D eigenvalue weighted by atomic mass is 35.5. The van der Waals surface area contributed by atoms with Crippen LogP contribution in [0.2, 0.25) is 0 Å². The first kappa shape index (κ1) is 11.7. The molecule has 0 bridgehead atoms. The van der Waals surface area contributed by atoms with E-state index in [4.69, 9.17) is 11.6 Å². The van der Waals surface area contributed by atoms with Crippen molar-refractivity contribution < 1.29 is 25.8 Å². The number of halogens is 4. The lowest BCUT2D eigenvalue weighted by molar-refractivity contribution is -0.0535. The summed E-state index contributed by atoms with van der Waals surface area (Å²) in [4.78, 5) is 0. The molecule has 0 heterocycles. The Morgan fingerprint density at radius 1 is 1.42 bits per heavy atom. The van der Waals surface area contributed by atoms with E-state index in [1.165, 1.54) is 0 Å². The molecule has 0 fully saturated rings. The fourth-order valence-electron chi connectivity index (χ4n) is 0.232. The molecule has 8 heteroatoms. The zero-order chi connectivity index (χ0) is 9.83. The molecule has 0 rings (SSSR count). The average molecular weight is 225 g/mol. The van der Waals surface area contributed by atoms with Crippen molar-refractivity contribution in [2.45, 2.75) is 5.51 Å². The first-order valence-corrected chi connectivity index (χ1v) is 4.36. The van der Waals surface area contributed by atoms with Gasteiger partial charge in [0, 0.05) is 5.54 Å². The minimum Gasteiger partial charge on any atom is -0.259 e. The average Bonchev–Trinajstić information content (AvgIpc) is 1.85. The maximum Gasteiger partial charge on any atom is 0.523 e. The van der Waals surface area contributed by atoms with Crippen molar-refractivity contribution >= 4 is 21.7 Å². The molecule has 0 N–H and O–H groups in total. The molecule has 0 aromatic rings. The second-order valence-electron chi connectivity index (χ2n) is 1.55. The molecule has 0 unspecified atom stereocenters. The third-order valence-electron chi connectivity index (χ3n) is 0.692. The van der Waals surface area contributed by atoms with E-state index in [2.05, 4.69) is 4.18 Å². The van der Waals surface area contributed by atoms with Gasteiger partial charge in [-0.15, -0.1) is 0 Å². The summed E-state index contributed by atoms with van der Waals surface area (Å²) in [7, 11) is -5.48. The van der Waals surface area contributed by atoms with Crippen LogP contribution in [-0.4, -0.2) is 20.5 Å². The van der Waals surface area contributed by atoms with Gasteiger partial charge in [0.05, 0.1) is 6.61 Å². The van der Waals surface area contributed by atoms with Crippen LogP contribution >= 0.6 is 11.6 Å². The molecule has 3 nitrogen and oxygen atoms in total. The van der Waals surface area contributed by atoms with E-state index in [0.717, 1.165) is 11.6 Å². The Morgan fingerprint density at radius 2 is 1.92 bits per heavy atom. The lowest BCUT2D eigenvalue weighted by Crippen LogP contribution is -2.25. The molecule has 0 aromatic heterocycles. The van der Waals surface area contributed by atoms with Crippen molar-refractivity contribution in [2.75, 3.05) is 6.61 Å². The van der Waals surface area contributed by atoms with Gasteiger partial charge in [-0.1, -0.05) is 11.6 Å². The predicted molar refractivity (Wildman–Crippen MR) is 35.9 cm³/mol. The van der Waals surface area contributed by atoms with Gasteiger partial charge in [-0.3, -0.25) is 4.18 Å². The first-order chi connectivity index (χ1) is 5.31. The van der Waals surface area contributed by atoms with Gasteiger partial charge in [-0.2, -0.15) is 21.6 Å². The van der Waals surface area contributed by atoms with Gasteiger partial charge in [0.25, 0.3) is 0 Å². The maximum absolute atomic E-state index is 11.5. The van der Waals surface area contributed by atoms with E-state index in [9.17, 15) is 21.6 Å². The second kappa shape index (κ2) is 4.11. The van der Waals surface area contributed by atoms with Gasteiger partial charge < -0.3 is 0 Å². The molecule has 0 saturated heterocycles. The first-order valence-electron chi connectivity index (χ1n) is 2.52. The Hall–Kier alpha value is -0.270. The Balaban J connectivity index is 4.26. The summed E-state index contributed by atoms with van der Waals surface area (Å²) in [6.45, 7) is -0.731. The van der Waals surface area contributed by atoms with E-state index < -0.39 is 22.2 Å². The molecule has 0 atom stereocenters. The molecule has 0 aromatic carbocycles. The summed E-state index contributed by atoms with van der Waals surface area (Å²) >= 11 is 4.91. The summed E-state index contributed by atoms with van der Waals surface area (Å²) in [6.07, 6.45) is 0.921. The predicted octanol–water partition coefficient (Wildman–Crippen LogP) is 1.61. The maximum atomic E-state index is 11.5. The van der Waals surface area contributed by atoms with E-state index in [0.29, 0.717) is 0 Å². The van der Waals surface area contributed by atoms with E-state index in [-0.39, 0.29) is 0 Å². The van der Waals surface area contributed by atoms with E-state index >= 15 is 0 Å². The zero-order valence-electron chi connectivity index (χ0n) is 5.51. The molecular formula is C4H4ClF3O3S. The quantitative estimate of drug-likeness (QED) is 0.540. The smallest absolute Gasteiger partial charge is 0.259 e. The number of hydrogen-bond acceptors (Lipinski definition) is 3. The fraction of sp³-hybridized carbons (Fsp3) is 0.500. The molecule has 0 aliphatic heterocycles. The Morgan fingerprint density at radius 3 is 2.25 bits per heavy atom. The SMILES string of the molecule is O=S(=O)(OCC=CCl)C(F)(F)F. The number of hydrogen-bond donors (Lipinski definition) is 0. The number of rotatable bonds is 3. The van der Waals surface area contributed by atoms with Crippen LogP contribution in [-0.2, 0) is 14.3 Å². The van der Waals surface area contributed by atoms with Crippen LogP contribution in [0.3, 0.4) is 0 Å². The minimum absolute atomic E-state index is 0.731. The normalized spacial score (nSPS) is 14.0. The Bertz CT molecular complexity index is 255. The standard InChI is InChI=1S/C4H4ClF3O3S/c5-2-1-3-11-12(9,10)4(6,7)8/h1-2H,3H2. The molecule has 0 amide bonds. The topological polar surface area (TPSA) is 43.4 Å². The fourth-order valence-corrected chi connectivity index (χ4v) is 0.696. The van der Waals surface area contributed by atoms with E-state index in [1.54, 1.807) is 0 Å². The molecule has 72 valence electrons. The van der Waals surface area contributed by atoms with Gasteiger partial charge in [0.15, 0.2) is 0 Å². The van der Waals surface area contributed by atoms with Crippen LogP contribution in [0.15, 0.2) is 11.6 Å². The molecule has 12 heavy (non-hydrogen) atoms. The Kier molecular flexibility index (Phi) is 4.01. The van der Waals surface area contributed by atoms with Crippen LogP contribution in [0, 0.1) is 0 Å². The largest absolute Gasteiger partial charge is 0.523 e. The van der Waals surface area contributed by atoms with Gasteiger partial charge >= 0.3 is 15.6 Å². The van der Waals surface area contributed by atoms with Crippen molar-refractivity contribution in [1.82, 2.24) is 0 Å². The summed E-state index contributed by atoms with van der Waals surface area (Å²) in [5, 5.41) is 0. The second-order valence-corrected chi connectivity index (χ2v) is 3.40. The minimum atomic E-state index is -5.48. The highest BCUT2D eigenvalue weighted by Crippen LogP contribution is 2.24. The lowest BCUT2D eigenvalue weighted by atomic mass is 10.7. The molecule has 0 spiro atoms. The molecule has 0 aliphatic rings. The van der Waals surface area contributed by atoms with E-state index in [1.807, 2.05) is 0 Å². The molecular weight excluding hydrogens is 221 g/mol. The van der Waals surface area contributed by atoms with Gasteiger partial charge in [0.2, 0.25) is 0 Å². The van der Waals surface area contributed by atoms with Gasteiger partial charge in [-0.05, 0) is 6.08 Å². The summed E-state index contributed by atoms with van der Waals surface area (Å²) in [5.74, 6) is 0. The molecule has 0 aliphatic carbocycles. The van der Waals surface area contributed by atoms with Crippen LogP contribution in [0.5, 0.6) is 0 Å². The Labute approximate surface area is 71.9 Å². The molecule has 0 saturated carbocycles. The lowest BCUT2D eigenvalue weighted by Gasteiger charge is -2.05. The van der Waals surface area contributed by atoms with Crippen molar-refractivity contribution in [3.05, 3.63) is 11.6 Å². The van der Waals surface area contributed by atoms with Crippen molar-refractivity contribution in [1.29, 1.82) is 0 Å². The van der Waals surface area contributed by atoms with Crippen LogP contribution in [0.25, 0.3) is 0 Å². The molecule has 0 radical (unpaired) electrons. The summed E-state index contributed by atoms with van der Waals surface area (Å²) < 4.78 is 58.2. The van der Waals surface area contributed by atoms with Gasteiger partial charge in [0.1, 0.15) is 0 Å².